The molecule has 0 radical (unpaired) electrons. The van der Waals surface area contributed by atoms with Crippen molar-refractivity contribution in [2.75, 3.05) is 13.6 Å². The molecule has 1 rings (SSSR count). The van der Waals surface area contributed by atoms with E-state index in [9.17, 15) is 4.79 Å². The molecule has 1 amide bonds. The lowest BCUT2D eigenvalue weighted by Crippen LogP contribution is -2.32. The second-order valence-electron chi connectivity index (χ2n) is 4.95. The van der Waals surface area contributed by atoms with Crippen LogP contribution in [-0.4, -0.2) is 24.4 Å². The molecule has 1 aromatic carbocycles. The van der Waals surface area contributed by atoms with Gasteiger partial charge in [-0.25, -0.2) is 0 Å². The Morgan fingerprint density at radius 3 is 2.68 bits per heavy atom. The Morgan fingerprint density at radius 1 is 1.47 bits per heavy atom. The number of rotatable bonds is 6. The number of carbonyl (C=O) groups excluding carboxylic acids is 1. The van der Waals surface area contributed by atoms with Gasteiger partial charge in [-0.05, 0) is 37.1 Å². The van der Waals surface area contributed by atoms with E-state index in [2.05, 4.69) is 6.92 Å². The minimum Gasteiger partial charge on any atom is -0.339 e. The molecule has 2 unspecified atom stereocenters. The first kappa shape index (κ1) is 16.0. The molecule has 0 spiro atoms. The topological polar surface area (TPSA) is 46.3 Å². The lowest BCUT2D eigenvalue weighted by Gasteiger charge is -2.27. The number of nitrogens with two attached hydrogens (primary N) is 1. The second-order valence-corrected chi connectivity index (χ2v) is 5.39. The third kappa shape index (κ3) is 4.51. The summed E-state index contributed by atoms with van der Waals surface area (Å²) >= 11 is 5.98. The smallest absolute Gasteiger partial charge is 0.223 e. The predicted molar refractivity (Wildman–Crippen MR) is 80.1 cm³/mol. The molecule has 0 fully saturated rings. The molecule has 0 bridgehead atoms. The van der Waals surface area contributed by atoms with Crippen molar-refractivity contribution in [3.05, 3.63) is 34.9 Å². The molecule has 0 heterocycles. The summed E-state index contributed by atoms with van der Waals surface area (Å²) in [5.74, 6) is 0.395. The minimum atomic E-state index is 0.0153. The van der Waals surface area contributed by atoms with Crippen molar-refractivity contribution in [1.82, 2.24) is 4.90 Å². The van der Waals surface area contributed by atoms with Crippen molar-refractivity contribution in [3.8, 4) is 0 Å². The van der Waals surface area contributed by atoms with Crippen LogP contribution in [0.3, 0.4) is 0 Å². The van der Waals surface area contributed by atoms with Crippen LogP contribution < -0.4 is 5.73 Å². The maximum Gasteiger partial charge on any atom is 0.223 e. The standard InChI is InChI=1S/C15H23ClN2O/c1-4-12(10-17)8-15(19)18(3)11(2)13-6-5-7-14(16)9-13/h5-7,9,11-12H,4,8,10,17H2,1-3H3. The Bertz CT molecular complexity index is 418. The van der Waals surface area contributed by atoms with Crippen LogP contribution in [0.1, 0.15) is 38.3 Å². The molecular weight excluding hydrogens is 260 g/mol. The van der Waals surface area contributed by atoms with Gasteiger partial charge in [-0.15, -0.1) is 0 Å². The van der Waals surface area contributed by atoms with E-state index in [1.54, 1.807) is 4.90 Å². The van der Waals surface area contributed by atoms with Gasteiger partial charge >= 0.3 is 0 Å². The van der Waals surface area contributed by atoms with E-state index in [0.29, 0.717) is 18.0 Å². The summed E-state index contributed by atoms with van der Waals surface area (Å²) in [5, 5.41) is 0.693. The van der Waals surface area contributed by atoms with Crippen molar-refractivity contribution in [2.24, 2.45) is 11.7 Å². The summed E-state index contributed by atoms with van der Waals surface area (Å²) in [4.78, 5) is 14.0. The lowest BCUT2D eigenvalue weighted by molar-refractivity contribution is -0.132. The van der Waals surface area contributed by atoms with Gasteiger partial charge in [-0.3, -0.25) is 4.79 Å². The maximum absolute atomic E-state index is 12.2. The summed E-state index contributed by atoms with van der Waals surface area (Å²) in [6.45, 7) is 4.62. The second kappa shape index (κ2) is 7.51. The molecule has 19 heavy (non-hydrogen) atoms. The molecule has 3 nitrogen and oxygen atoms in total. The minimum absolute atomic E-state index is 0.0153. The number of amides is 1. The molecule has 0 saturated carbocycles. The SMILES string of the molecule is CCC(CN)CC(=O)N(C)C(C)c1cccc(Cl)c1. The molecule has 106 valence electrons. The van der Waals surface area contributed by atoms with Crippen LogP contribution in [0.2, 0.25) is 5.02 Å². The number of benzene rings is 1. The van der Waals surface area contributed by atoms with Crippen LogP contribution in [0.25, 0.3) is 0 Å². The van der Waals surface area contributed by atoms with Crippen LogP contribution in [-0.2, 0) is 4.79 Å². The summed E-state index contributed by atoms with van der Waals surface area (Å²) in [6, 6.07) is 7.64. The van der Waals surface area contributed by atoms with Crippen molar-refractivity contribution < 1.29 is 4.79 Å². The van der Waals surface area contributed by atoms with Gasteiger partial charge in [0.25, 0.3) is 0 Å². The molecule has 0 aromatic heterocycles. The largest absolute Gasteiger partial charge is 0.339 e. The summed E-state index contributed by atoms with van der Waals surface area (Å²) in [7, 11) is 1.83. The highest BCUT2D eigenvalue weighted by Gasteiger charge is 2.20. The van der Waals surface area contributed by atoms with Crippen molar-refractivity contribution in [1.29, 1.82) is 0 Å². The summed E-state index contributed by atoms with van der Waals surface area (Å²) in [6.07, 6.45) is 1.44. The van der Waals surface area contributed by atoms with Crippen LogP contribution in [0.4, 0.5) is 0 Å². The van der Waals surface area contributed by atoms with E-state index < -0.39 is 0 Å². The highest BCUT2D eigenvalue weighted by atomic mass is 35.5. The number of carbonyl (C=O) groups is 1. The van der Waals surface area contributed by atoms with Gasteiger partial charge in [-0.2, -0.15) is 0 Å². The van der Waals surface area contributed by atoms with E-state index in [-0.39, 0.29) is 17.9 Å². The third-order valence-corrected chi connectivity index (χ3v) is 3.91. The van der Waals surface area contributed by atoms with Crippen molar-refractivity contribution >= 4 is 17.5 Å². The normalized spacial score (nSPS) is 13.9. The van der Waals surface area contributed by atoms with Crippen LogP contribution >= 0.6 is 11.6 Å². The average Bonchev–Trinajstić information content (AvgIpc) is 2.42. The van der Waals surface area contributed by atoms with E-state index in [1.165, 1.54) is 0 Å². The van der Waals surface area contributed by atoms with E-state index >= 15 is 0 Å². The van der Waals surface area contributed by atoms with Gasteiger partial charge in [0.15, 0.2) is 0 Å². The number of hydrogen-bond donors (Lipinski definition) is 1. The van der Waals surface area contributed by atoms with E-state index in [0.717, 1.165) is 12.0 Å². The summed E-state index contributed by atoms with van der Waals surface area (Å²) in [5.41, 5.74) is 6.70. The van der Waals surface area contributed by atoms with Crippen LogP contribution in [0.15, 0.2) is 24.3 Å². The molecule has 0 saturated heterocycles. The highest BCUT2D eigenvalue weighted by molar-refractivity contribution is 6.30. The molecule has 0 aliphatic heterocycles. The zero-order chi connectivity index (χ0) is 14.4. The molecule has 0 aliphatic carbocycles. The summed E-state index contributed by atoms with van der Waals surface area (Å²) < 4.78 is 0. The Kier molecular flexibility index (Phi) is 6.32. The van der Waals surface area contributed by atoms with Gasteiger partial charge in [0.1, 0.15) is 0 Å². The van der Waals surface area contributed by atoms with Gasteiger partial charge in [0, 0.05) is 18.5 Å². The van der Waals surface area contributed by atoms with Crippen molar-refractivity contribution in [3.63, 3.8) is 0 Å². The zero-order valence-corrected chi connectivity index (χ0v) is 12.7. The Labute approximate surface area is 120 Å². The number of nitrogens with zero attached hydrogens (tertiary/aromatic N) is 1. The highest BCUT2D eigenvalue weighted by Crippen LogP contribution is 2.23. The quantitative estimate of drug-likeness (QED) is 0.871. The van der Waals surface area contributed by atoms with Gasteiger partial charge in [0.2, 0.25) is 5.91 Å². The van der Waals surface area contributed by atoms with Gasteiger partial charge < -0.3 is 10.6 Å². The Hall–Kier alpha value is -1.06. The molecule has 2 atom stereocenters. The Balaban J connectivity index is 2.71. The Morgan fingerprint density at radius 2 is 2.16 bits per heavy atom. The van der Waals surface area contributed by atoms with E-state index in [1.807, 2.05) is 38.2 Å². The van der Waals surface area contributed by atoms with Crippen LogP contribution in [0, 0.1) is 5.92 Å². The lowest BCUT2D eigenvalue weighted by atomic mass is 10.0. The first-order valence-corrected chi connectivity index (χ1v) is 7.08. The number of halogens is 1. The van der Waals surface area contributed by atoms with Gasteiger partial charge in [-0.1, -0.05) is 37.1 Å². The fourth-order valence-corrected chi connectivity index (χ4v) is 2.19. The average molecular weight is 283 g/mol. The molecule has 1 aromatic rings. The molecular formula is C15H23ClN2O. The predicted octanol–water partition coefficient (Wildman–Crippen LogP) is 3.23. The zero-order valence-electron chi connectivity index (χ0n) is 11.9. The van der Waals surface area contributed by atoms with E-state index in [4.69, 9.17) is 17.3 Å². The maximum atomic E-state index is 12.2. The van der Waals surface area contributed by atoms with Crippen LogP contribution in [0.5, 0.6) is 0 Å². The molecule has 0 aliphatic rings. The first-order valence-electron chi connectivity index (χ1n) is 6.70. The monoisotopic (exact) mass is 282 g/mol. The van der Waals surface area contributed by atoms with Crippen molar-refractivity contribution in [2.45, 2.75) is 32.7 Å². The third-order valence-electron chi connectivity index (χ3n) is 3.68. The molecule has 4 heteroatoms. The van der Waals surface area contributed by atoms with Gasteiger partial charge in [0.05, 0.1) is 6.04 Å². The first-order chi connectivity index (χ1) is 8.99. The molecule has 2 N–H and O–H groups in total. The number of hydrogen-bond acceptors (Lipinski definition) is 2. The fraction of sp³-hybridized carbons (Fsp3) is 0.533. The fourth-order valence-electron chi connectivity index (χ4n) is 1.99.